The fourth-order valence-electron chi connectivity index (χ4n) is 6.27. The van der Waals surface area contributed by atoms with Crippen LogP contribution in [0.5, 0.6) is 0 Å². The van der Waals surface area contributed by atoms with E-state index >= 15 is 0 Å². The van der Waals surface area contributed by atoms with Crippen LogP contribution in [-0.2, 0) is 11.3 Å². The van der Waals surface area contributed by atoms with Crippen LogP contribution in [0, 0.1) is 0 Å². The number of carboxylic acid groups (broad SMARTS) is 1. The predicted octanol–water partition coefficient (Wildman–Crippen LogP) is 9.62. The Hall–Kier alpha value is -5.27. The summed E-state index contributed by atoms with van der Waals surface area (Å²) >= 11 is 1.70. The van der Waals surface area contributed by atoms with Crippen LogP contribution in [0.25, 0.3) is 39.4 Å². The number of aromatic nitrogens is 1. The van der Waals surface area contributed by atoms with Crippen molar-refractivity contribution in [2.45, 2.75) is 38.3 Å². The van der Waals surface area contributed by atoms with Gasteiger partial charge in [0, 0.05) is 28.9 Å². The molecule has 5 aromatic carbocycles. The minimum atomic E-state index is -0.877. The summed E-state index contributed by atoms with van der Waals surface area (Å²) < 4.78 is 8.68. The molecule has 1 unspecified atom stereocenters. The quantitative estimate of drug-likeness (QED) is 0.159. The molecule has 1 aromatic heterocycles. The fraction of sp³-hybridized carbons (Fsp3) is 0.150. The smallest absolute Gasteiger partial charge is 0.376 e. The molecular formula is C40H36N3O3S+. The molecule has 0 fully saturated rings. The van der Waals surface area contributed by atoms with Crippen molar-refractivity contribution in [1.82, 2.24) is 0 Å². The largest absolute Gasteiger partial charge is 0.480 e. The number of benzene rings is 5. The minimum absolute atomic E-state index is 0.736. The van der Waals surface area contributed by atoms with Gasteiger partial charge in [0.2, 0.25) is 5.58 Å². The highest BCUT2D eigenvalue weighted by atomic mass is 32.2. The number of hydrogen-bond donors (Lipinski definition) is 1. The molecule has 0 amide bonds. The van der Waals surface area contributed by atoms with Crippen LogP contribution in [-0.4, -0.2) is 23.7 Å². The molecule has 0 saturated heterocycles. The van der Waals surface area contributed by atoms with E-state index in [9.17, 15) is 9.90 Å². The number of rotatable bonds is 9. The molecule has 0 aliphatic carbocycles. The molecule has 6 aromatic rings. The number of aryl methyl sites for hydroxylation is 1. The molecule has 0 radical (unpaired) electrons. The van der Waals surface area contributed by atoms with Gasteiger partial charge in [0.05, 0.1) is 16.8 Å². The van der Waals surface area contributed by atoms with Crippen LogP contribution in [0.15, 0.2) is 136 Å². The van der Waals surface area contributed by atoms with Crippen molar-refractivity contribution in [3.8, 4) is 22.3 Å². The minimum Gasteiger partial charge on any atom is -0.480 e. The zero-order valence-corrected chi connectivity index (χ0v) is 27.4. The van der Waals surface area contributed by atoms with Crippen molar-refractivity contribution in [1.29, 1.82) is 0 Å². The van der Waals surface area contributed by atoms with Crippen molar-refractivity contribution >= 4 is 52.0 Å². The van der Waals surface area contributed by atoms with E-state index in [-0.39, 0.29) is 0 Å². The third-order valence-corrected chi connectivity index (χ3v) is 9.82. The lowest BCUT2D eigenvalue weighted by Crippen LogP contribution is -2.35. The van der Waals surface area contributed by atoms with E-state index in [0.29, 0.717) is 0 Å². The summed E-state index contributed by atoms with van der Waals surface area (Å²) in [5.41, 5.74) is 9.33. The topological polar surface area (TPSA) is 60.8 Å². The third kappa shape index (κ3) is 5.79. The average Bonchev–Trinajstić information content (AvgIpc) is 3.64. The molecule has 6 nitrogen and oxygen atoms in total. The highest BCUT2D eigenvalue weighted by molar-refractivity contribution is 8.03. The molecule has 1 atom stereocenters. The Labute approximate surface area is 279 Å². The van der Waals surface area contributed by atoms with Crippen molar-refractivity contribution in [3.63, 3.8) is 0 Å². The maximum Gasteiger partial charge on any atom is 0.376 e. The Morgan fingerprint density at radius 3 is 2.13 bits per heavy atom. The number of thioether (sulfide) groups is 1. The summed E-state index contributed by atoms with van der Waals surface area (Å²) in [6, 6.07) is 40.7. The van der Waals surface area contributed by atoms with E-state index in [2.05, 4.69) is 108 Å². The summed E-state index contributed by atoms with van der Waals surface area (Å²) in [5, 5.41) is 11.0. The second kappa shape index (κ2) is 12.9. The zero-order valence-electron chi connectivity index (χ0n) is 26.6. The standard InChI is InChI=1S/C40H35N3O3S/c1-4-41-34-24-31(30-18-16-29(17-19-30)28-12-8-6-9-13-28)20-22-36(34)46-38(41)26-39-42(5-2)35-25-33(21-23-37(35)47-39)43(27(3)40(44)45)32-14-10-7-11-15-32/h6-27H,4-5H2,1-3H3/p+1. The Morgan fingerprint density at radius 1 is 0.830 bits per heavy atom. The van der Waals surface area contributed by atoms with Gasteiger partial charge in [0.1, 0.15) is 12.6 Å². The number of anilines is 3. The van der Waals surface area contributed by atoms with Gasteiger partial charge in [-0.15, -0.1) is 0 Å². The maximum absolute atomic E-state index is 12.1. The zero-order chi connectivity index (χ0) is 32.5. The molecule has 7 rings (SSSR count). The first-order chi connectivity index (χ1) is 22.9. The van der Waals surface area contributed by atoms with Crippen LogP contribution in [0.2, 0.25) is 0 Å². The number of hydrogen-bond acceptors (Lipinski definition) is 5. The van der Waals surface area contributed by atoms with Crippen LogP contribution < -0.4 is 14.4 Å². The SMILES string of the molecule is CCN1C(=Cc2oc3ccc(-c4ccc(-c5ccccc5)cc4)cc3[n+]2CC)Sc2ccc(N(c3ccccc3)C(C)C(=O)O)cc21. The molecule has 1 aliphatic rings. The van der Waals surface area contributed by atoms with Gasteiger partial charge in [0.25, 0.3) is 5.52 Å². The molecule has 0 saturated carbocycles. The van der Waals surface area contributed by atoms with Gasteiger partial charge >= 0.3 is 11.9 Å². The molecular weight excluding hydrogens is 603 g/mol. The summed E-state index contributed by atoms with van der Waals surface area (Å²) in [5.74, 6) is -0.0866. The average molecular weight is 639 g/mol. The molecule has 1 N–H and O–H groups in total. The van der Waals surface area contributed by atoms with Gasteiger partial charge in [-0.05, 0) is 79.4 Å². The van der Waals surface area contributed by atoms with Crippen LogP contribution in [0.1, 0.15) is 26.7 Å². The molecule has 0 spiro atoms. The van der Waals surface area contributed by atoms with E-state index in [1.54, 1.807) is 18.7 Å². The number of para-hydroxylation sites is 1. The monoisotopic (exact) mass is 638 g/mol. The fourth-order valence-corrected chi connectivity index (χ4v) is 7.41. The Balaban J connectivity index is 1.21. The highest BCUT2D eigenvalue weighted by Gasteiger charge is 2.30. The van der Waals surface area contributed by atoms with Crippen molar-refractivity contribution in [2.24, 2.45) is 0 Å². The number of carboxylic acids is 1. The Morgan fingerprint density at radius 2 is 1.47 bits per heavy atom. The van der Waals surface area contributed by atoms with E-state index in [1.807, 2.05) is 47.4 Å². The predicted molar refractivity (Wildman–Crippen MR) is 192 cm³/mol. The molecule has 2 heterocycles. The number of aliphatic carboxylic acids is 1. The van der Waals surface area contributed by atoms with Gasteiger partial charge < -0.3 is 19.3 Å². The van der Waals surface area contributed by atoms with E-state index in [4.69, 9.17) is 4.42 Å². The Kier molecular flexibility index (Phi) is 8.31. The highest BCUT2D eigenvalue weighted by Crippen LogP contribution is 2.48. The van der Waals surface area contributed by atoms with Gasteiger partial charge in [-0.3, -0.25) is 0 Å². The molecule has 47 heavy (non-hydrogen) atoms. The van der Waals surface area contributed by atoms with E-state index in [1.165, 1.54) is 11.1 Å². The Bertz CT molecular complexity index is 2090. The second-order valence-corrected chi connectivity index (χ2v) is 12.6. The molecule has 7 heteroatoms. The summed E-state index contributed by atoms with van der Waals surface area (Å²) in [6.07, 6.45) is 2.13. The van der Waals surface area contributed by atoms with Crippen LogP contribution in [0.3, 0.4) is 0 Å². The number of nitrogens with zero attached hydrogens (tertiary/aromatic N) is 3. The summed E-state index contributed by atoms with van der Waals surface area (Å²) in [6.45, 7) is 7.50. The first-order valence-corrected chi connectivity index (χ1v) is 16.8. The third-order valence-electron chi connectivity index (χ3n) is 8.71. The first kappa shape index (κ1) is 30.4. The number of carbonyl (C=O) groups is 1. The molecule has 234 valence electrons. The lowest BCUT2D eigenvalue weighted by atomic mass is 10.0. The van der Waals surface area contributed by atoms with Gasteiger partial charge in [-0.25, -0.2) is 4.79 Å². The number of oxazole rings is 1. The van der Waals surface area contributed by atoms with Crippen LogP contribution in [0.4, 0.5) is 17.1 Å². The maximum atomic E-state index is 12.1. The summed E-state index contributed by atoms with van der Waals surface area (Å²) in [7, 11) is 0. The van der Waals surface area contributed by atoms with Gasteiger partial charge in [0.15, 0.2) is 0 Å². The lowest BCUT2D eigenvalue weighted by Gasteiger charge is -2.29. The normalized spacial score (nSPS) is 14.0. The van der Waals surface area contributed by atoms with Gasteiger partial charge in [-0.2, -0.15) is 4.57 Å². The second-order valence-electron chi connectivity index (χ2n) is 11.5. The van der Waals surface area contributed by atoms with Gasteiger partial charge in [-0.1, -0.05) is 90.6 Å². The lowest BCUT2D eigenvalue weighted by molar-refractivity contribution is -0.674. The molecule has 1 aliphatic heterocycles. The number of fused-ring (bicyclic) bond motifs is 2. The van der Waals surface area contributed by atoms with E-state index < -0.39 is 12.0 Å². The van der Waals surface area contributed by atoms with Crippen LogP contribution >= 0.6 is 11.8 Å². The van der Waals surface area contributed by atoms with Crippen molar-refractivity contribution in [2.75, 3.05) is 16.3 Å². The molecule has 0 bridgehead atoms. The van der Waals surface area contributed by atoms with E-state index in [0.717, 1.165) is 68.2 Å². The van der Waals surface area contributed by atoms with Crippen molar-refractivity contribution < 1.29 is 18.9 Å². The first-order valence-electron chi connectivity index (χ1n) is 16.0. The summed E-state index contributed by atoms with van der Waals surface area (Å²) in [4.78, 5) is 17.4. The van der Waals surface area contributed by atoms with Crippen molar-refractivity contribution in [3.05, 3.63) is 132 Å².